The minimum atomic E-state index is -3.94. The smallest absolute Gasteiger partial charge is 0.337 e. The molecule has 116 valence electrons. The summed E-state index contributed by atoms with van der Waals surface area (Å²) in [5.74, 6) is -1.61. The Morgan fingerprint density at radius 2 is 2.00 bits per heavy atom. The van der Waals surface area contributed by atoms with E-state index in [1.54, 1.807) is 13.8 Å². The van der Waals surface area contributed by atoms with E-state index in [9.17, 15) is 18.0 Å². The van der Waals surface area contributed by atoms with Crippen molar-refractivity contribution >= 4 is 21.9 Å². The van der Waals surface area contributed by atoms with E-state index in [2.05, 4.69) is 10.3 Å². The fourth-order valence-corrected chi connectivity index (χ4v) is 2.89. The lowest BCUT2D eigenvalue weighted by Gasteiger charge is -2.19. The van der Waals surface area contributed by atoms with Gasteiger partial charge in [0.15, 0.2) is 5.03 Å². The van der Waals surface area contributed by atoms with Crippen LogP contribution < -0.4 is 5.32 Å². The van der Waals surface area contributed by atoms with Gasteiger partial charge in [-0.2, -0.15) is 4.31 Å². The average molecular weight is 315 g/mol. The van der Waals surface area contributed by atoms with Gasteiger partial charge < -0.3 is 10.4 Å². The van der Waals surface area contributed by atoms with Gasteiger partial charge in [-0.25, -0.2) is 18.2 Å². The number of likely N-dealkylation sites (N-methyl/N-ethyl adjacent to an activating group) is 2. The number of carbonyl (C=O) groups is 2. The van der Waals surface area contributed by atoms with Crippen molar-refractivity contribution in [1.82, 2.24) is 14.6 Å². The van der Waals surface area contributed by atoms with Crippen LogP contribution in [0.15, 0.2) is 23.4 Å². The van der Waals surface area contributed by atoms with Crippen LogP contribution in [-0.4, -0.2) is 54.3 Å². The number of nitrogens with one attached hydrogen (secondary N) is 1. The highest BCUT2D eigenvalue weighted by molar-refractivity contribution is 7.89. The van der Waals surface area contributed by atoms with Crippen LogP contribution in [0.1, 0.15) is 24.2 Å². The summed E-state index contributed by atoms with van der Waals surface area (Å²) in [6.07, 6.45) is 0.967. The number of carbonyl (C=O) groups excluding carboxylic acids is 1. The quantitative estimate of drug-likeness (QED) is 0.727. The molecule has 1 aromatic heterocycles. The molecule has 0 atom stereocenters. The Bertz CT molecular complexity index is 612. The molecule has 1 amide bonds. The molecule has 1 aromatic rings. The van der Waals surface area contributed by atoms with Crippen molar-refractivity contribution in [2.75, 3.05) is 19.6 Å². The van der Waals surface area contributed by atoms with Gasteiger partial charge in [-0.15, -0.1) is 0 Å². The molecular weight excluding hydrogens is 298 g/mol. The molecule has 8 nitrogen and oxygen atoms in total. The fourth-order valence-electron chi connectivity index (χ4n) is 1.57. The Kier molecular flexibility index (Phi) is 5.79. The third-order valence-electron chi connectivity index (χ3n) is 2.63. The molecule has 0 aromatic carbocycles. The number of amides is 1. The third-order valence-corrected chi connectivity index (χ3v) is 4.47. The molecule has 0 aliphatic heterocycles. The highest BCUT2D eigenvalue weighted by Crippen LogP contribution is 2.13. The molecule has 0 aliphatic carbocycles. The average Bonchev–Trinajstić information content (AvgIpc) is 2.45. The SMILES string of the molecule is CCNC(=O)CN(CC)S(=O)(=O)c1ccc(C(=O)O)cn1. The normalized spacial score (nSPS) is 11.4. The standard InChI is InChI=1S/C12H17N3O5S/c1-3-13-10(16)8-15(4-2)21(19,20)11-6-5-9(7-14-11)12(17)18/h5-7H,3-4,8H2,1-2H3,(H,13,16)(H,17,18). The molecule has 0 saturated carbocycles. The van der Waals surface area contributed by atoms with E-state index in [4.69, 9.17) is 5.11 Å². The minimum absolute atomic E-state index is 0.0990. The molecule has 0 fully saturated rings. The van der Waals surface area contributed by atoms with Crippen LogP contribution in [0.25, 0.3) is 0 Å². The van der Waals surface area contributed by atoms with Crippen LogP contribution >= 0.6 is 0 Å². The first kappa shape index (κ1) is 17.1. The molecule has 0 unspecified atom stereocenters. The van der Waals surface area contributed by atoms with Crippen molar-refractivity contribution in [3.05, 3.63) is 23.9 Å². The summed E-state index contributed by atoms with van der Waals surface area (Å²) in [6.45, 7) is 3.52. The minimum Gasteiger partial charge on any atom is -0.478 e. The molecular formula is C12H17N3O5S. The lowest BCUT2D eigenvalue weighted by atomic mass is 10.3. The molecule has 9 heteroatoms. The molecule has 0 aliphatic rings. The molecule has 0 radical (unpaired) electrons. The number of hydrogen-bond acceptors (Lipinski definition) is 5. The second kappa shape index (κ2) is 7.14. The molecule has 1 rings (SSSR count). The Balaban J connectivity index is 3.01. The number of aromatic nitrogens is 1. The summed E-state index contributed by atoms with van der Waals surface area (Å²) in [5, 5.41) is 11.0. The highest BCUT2D eigenvalue weighted by Gasteiger charge is 2.26. The van der Waals surface area contributed by atoms with E-state index in [1.165, 1.54) is 0 Å². The summed E-state index contributed by atoms with van der Waals surface area (Å²) in [4.78, 5) is 25.9. The van der Waals surface area contributed by atoms with Gasteiger partial charge in [-0.05, 0) is 19.1 Å². The number of sulfonamides is 1. The number of carboxylic acid groups (broad SMARTS) is 1. The van der Waals surface area contributed by atoms with Gasteiger partial charge in [0.25, 0.3) is 10.0 Å². The zero-order valence-corrected chi connectivity index (χ0v) is 12.6. The van der Waals surface area contributed by atoms with Gasteiger partial charge in [0.05, 0.1) is 12.1 Å². The zero-order valence-electron chi connectivity index (χ0n) is 11.7. The molecule has 0 saturated heterocycles. The molecule has 0 spiro atoms. The van der Waals surface area contributed by atoms with Crippen LogP contribution in [0.4, 0.5) is 0 Å². The van der Waals surface area contributed by atoms with E-state index < -0.39 is 21.9 Å². The maximum atomic E-state index is 12.3. The number of carboxylic acids is 1. The first-order valence-electron chi connectivity index (χ1n) is 6.29. The number of hydrogen-bond donors (Lipinski definition) is 2. The first-order chi connectivity index (χ1) is 9.82. The van der Waals surface area contributed by atoms with Crippen molar-refractivity contribution in [2.45, 2.75) is 18.9 Å². The Morgan fingerprint density at radius 1 is 1.33 bits per heavy atom. The van der Waals surface area contributed by atoms with E-state index in [-0.39, 0.29) is 23.7 Å². The number of aromatic carboxylic acids is 1. The van der Waals surface area contributed by atoms with E-state index in [0.29, 0.717) is 6.54 Å². The Morgan fingerprint density at radius 3 is 2.43 bits per heavy atom. The van der Waals surface area contributed by atoms with Gasteiger partial charge in [0, 0.05) is 19.3 Å². The van der Waals surface area contributed by atoms with Crippen LogP contribution in [-0.2, 0) is 14.8 Å². The van der Waals surface area contributed by atoms with Crippen molar-refractivity contribution in [3.8, 4) is 0 Å². The lowest BCUT2D eigenvalue weighted by molar-refractivity contribution is -0.121. The Hall–Kier alpha value is -2.00. The predicted octanol–water partition coefficient (Wildman–Crippen LogP) is -0.0735. The largest absolute Gasteiger partial charge is 0.478 e. The first-order valence-corrected chi connectivity index (χ1v) is 7.73. The van der Waals surface area contributed by atoms with Crippen molar-refractivity contribution in [1.29, 1.82) is 0 Å². The Labute approximate surface area is 122 Å². The lowest BCUT2D eigenvalue weighted by Crippen LogP contribution is -2.40. The molecule has 2 N–H and O–H groups in total. The van der Waals surface area contributed by atoms with Crippen molar-refractivity contribution < 1.29 is 23.1 Å². The van der Waals surface area contributed by atoms with Gasteiger partial charge in [-0.1, -0.05) is 6.92 Å². The van der Waals surface area contributed by atoms with Gasteiger partial charge in [0.2, 0.25) is 5.91 Å². The summed E-state index contributed by atoms with van der Waals surface area (Å²) in [6, 6.07) is 2.27. The monoisotopic (exact) mass is 315 g/mol. The maximum Gasteiger partial charge on any atom is 0.337 e. The van der Waals surface area contributed by atoms with Crippen molar-refractivity contribution in [2.24, 2.45) is 0 Å². The highest BCUT2D eigenvalue weighted by atomic mass is 32.2. The van der Waals surface area contributed by atoms with Crippen LogP contribution in [0.3, 0.4) is 0 Å². The topological polar surface area (TPSA) is 117 Å². The number of nitrogens with zero attached hydrogens (tertiary/aromatic N) is 2. The number of pyridine rings is 1. The second-order valence-corrected chi connectivity index (χ2v) is 5.96. The second-order valence-electron chi connectivity index (χ2n) is 4.07. The maximum absolute atomic E-state index is 12.3. The van der Waals surface area contributed by atoms with E-state index >= 15 is 0 Å². The van der Waals surface area contributed by atoms with Crippen LogP contribution in [0.2, 0.25) is 0 Å². The summed E-state index contributed by atoms with van der Waals surface area (Å²) < 4.78 is 25.6. The van der Waals surface area contributed by atoms with Crippen LogP contribution in [0, 0.1) is 0 Å². The zero-order chi connectivity index (χ0) is 16.0. The van der Waals surface area contributed by atoms with E-state index in [0.717, 1.165) is 22.6 Å². The van der Waals surface area contributed by atoms with Crippen molar-refractivity contribution in [3.63, 3.8) is 0 Å². The predicted molar refractivity (Wildman–Crippen MR) is 74.3 cm³/mol. The molecule has 1 heterocycles. The van der Waals surface area contributed by atoms with E-state index in [1.807, 2.05) is 0 Å². The summed E-state index contributed by atoms with van der Waals surface area (Å²) >= 11 is 0. The number of rotatable bonds is 7. The van der Waals surface area contributed by atoms with Gasteiger partial charge in [-0.3, -0.25) is 4.79 Å². The van der Waals surface area contributed by atoms with Crippen LogP contribution in [0.5, 0.6) is 0 Å². The summed E-state index contributed by atoms with van der Waals surface area (Å²) in [5.41, 5.74) is -0.110. The molecule has 0 bridgehead atoms. The third kappa shape index (κ3) is 4.23. The fraction of sp³-hybridized carbons (Fsp3) is 0.417. The molecule has 21 heavy (non-hydrogen) atoms. The van der Waals surface area contributed by atoms with Gasteiger partial charge in [0.1, 0.15) is 0 Å². The summed E-state index contributed by atoms with van der Waals surface area (Å²) in [7, 11) is -3.94. The van der Waals surface area contributed by atoms with Gasteiger partial charge >= 0.3 is 5.97 Å².